The van der Waals surface area contributed by atoms with E-state index in [-0.39, 0.29) is 17.4 Å². The molecule has 1 aliphatic rings. The van der Waals surface area contributed by atoms with Crippen molar-refractivity contribution in [3.63, 3.8) is 0 Å². The minimum atomic E-state index is -3.42. The van der Waals surface area contributed by atoms with E-state index in [0.29, 0.717) is 18.9 Å². The Morgan fingerprint density at radius 2 is 2.12 bits per heavy atom. The second kappa shape index (κ2) is 7.36. The van der Waals surface area contributed by atoms with E-state index in [1.807, 2.05) is 0 Å². The smallest absolute Gasteiger partial charge is 0.291 e. The number of halogens is 3. The lowest BCUT2D eigenvalue weighted by Crippen LogP contribution is -2.40. The quantitative estimate of drug-likeness (QED) is 0.767. The van der Waals surface area contributed by atoms with E-state index in [0.717, 1.165) is 17.4 Å². The van der Waals surface area contributed by atoms with Crippen LogP contribution in [-0.2, 0) is 4.74 Å². The molecule has 8 nitrogen and oxygen atoms in total. The summed E-state index contributed by atoms with van der Waals surface area (Å²) in [6.07, 6.45) is -4.85. The Bertz CT molecular complexity index is 860. The van der Waals surface area contributed by atoms with E-state index >= 15 is 0 Å². The number of alkyl halides is 3. The second-order valence-corrected chi connectivity index (χ2v) is 5.80. The molecular formula is C15H17F3N4O4. The zero-order valence-electron chi connectivity index (χ0n) is 13.8. The van der Waals surface area contributed by atoms with Gasteiger partial charge in [-0.1, -0.05) is 0 Å². The third kappa shape index (κ3) is 3.39. The van der Waals surface area contributed by atoms with Gasteiger partial charge in [0.1, 0.15) is 5.65 Å². The van der Waals surface area contributed by atoms with E-state index in [1.165, 1.54) is 12.4 Å². The number of rotatable bonds is 5. The largest absolute Gasteiger partial charge is 0.482 e. The van der Waals surface area contributed by atoms with Gasteiger partial charge >= 0.3 is 0 Å². The first-order valence-corrected chi connectivity index (χ1v) is 7.93. The van der Waals surface area contributed by atoms with Crippen molar-refractivity contribution in [3.8, 4) is 5.88 Å². The molecule has 0 aliphatic carbocycles. The summed E-state index contributed by atoms with van der Waals surface area (Å²) in [5, 5.41) is 5.64. The lowest BCUT2D eigenvalue weighted by atomic mass is 9.97. The molecule has 0 aromatic carbocycles. The van der Waals surface area contributed by atoms with Gasteiger partial charge in [0.15, 0.2) is 5.56 Å². The van der Waals surface area contributed by atoms with Gasteiger partial charge in [0.05, 0.1) is 12.8 Å². The standard InChI is InChI=1S/C15H17F3N4O4/c1-25-14-10(13(23)20-12(18)11(16)17)15(24)22-9(19-14)6-8(21-22)7-2-4-26-5-3-7/h6-7,11-12,19H,2-5H2,1H3,(H,20,23). The Hall–Kier alpha value is -2.56. The summed E-state index contributed by atoms with van der Waals surface area (Å²) in [6.45, 7) is 1.16. The van der Waals surface area contributed by atoms with E-state index in [9.17, 15) is 22.8 Å². The number of fused-ring (bicyclic) bond motifs is 1. The first kappa shape index (κ1) is 18.2. The van der Waals surface area contributed by atoms with Crippen molar-refractivity contribution in [3.05, 3.63) is 27.7 Å². The maximum Gasteiger partial charge on any atom is 0.291 e. The van der Waals surface area contributed by atoms with Gasteiger partial charge in [0.2, 0.25) is 12.2 Å². The van der Waals surface area contributed by atoms with Crippen LogP contribution in [0.5, 0.6) is 5.88 Å². The number of hydrogen-bond acceptors (Lipinski definition) is 5. The maximum absolute atomic E-state index is 13.1. The molecule has 0 bridgehead atoms. The SMILES string of the molecule is COc1[nH]c2cc(C3CCOCC3)nn2c(=O)c1C(=O)NC(F)C(F)F. The number of amides is 1. The van der Waals surface area contributed by atoms with Gasteiger partial charge in [0.25, 0.3) is 17.9 Å². The monoisotopic (exact) mass is 374 g/mol. The van der Waals surface area contributed by atoms with Crippen LogP contribution in [0.15, 0.2) is 10.9 Å². The molecule has 1 atom stereocenters. The Kier molecular flexibility index (Phi) is 5.16. The number of nitrogens with one attached hydrogen (secondary N) is 2. The number of methoxy groups -OCH3 is 1. The molecule has 3 heterocycles. The molecule has 3 rings (SSSR count). The van der Waals surface area contributed by atoms with E-state index in [4.69, 9.17) is 9.47 Å². The van der Waals surface area contributed by atoms with Crippen molar-refractivity contribution in [2.45, 2.75) is 31.5 Å². The van der Waals surface area contributed by atoms with Crippen molar-refractivity contribution in [1.82, 2.24) is 19.9 Å². The number of aromatic nitrogens is 3. The number of carbonyl (C=O) groups excluding carboxylic acids is 1. The van der Waals surface area contributed by atoms with Gasteiger partial charge in [0, 0.05) is 25.2 Å². The minimum absolute atomic E-state index is 0.0915. The molecule has 0 radical (unpaired) electrons. The molecule has 1 aliphatic heterocycles. The van der Waals surface area contributed by atoms with Crippen LogP contribution in [0.4, 0.5) is 13.2 Å². The molecule has 0 saturated carbocycles. The Morgan fingerprint density at radius 1 is 1.42 bits per heavy atom. The number of H-pyrrole nitrogens is 1. The molecule has 1 unspecified atom stereocenters. The summed E-state index contributed by atoms with van der Waals surface area (Å²) in [6, 6.07) is 1.65. The highest BCUT2D eigenvalue weighted by Crippen LogP contribution is 2.26. The first-order chi connectivity index (χ1) is 12.4. The summed E-state index contributed by atoms with van der Waals surface area (Å²) in [7, 11) is 1.19. The highest BCUT2D eigenvalue weighted by Gasteiger charge is 2.28. The predicted octanol–water partition coefficient (Wildman–Crippen LogP) is 1.22. The molecule has 2 N–H and O–H groups in total. The van der Waals surface area contributed by atoms with Crippen molar-refractivity contribution in [1.29, 1.82) is 0 Å². The van der Waals surface area contributed by atoms with Gasteiger partial charge < -0.3 is 19.8 Å². The molecule has 1 saturated heterocycles. The summed E-state index contributed by atoms with van der Waals surface area (Å²) in [5.41, 5.74) is -0.620. The van der Waals surface area contributed by atoms with Crippen LogP contribution >= 0.6 is 0 Å². The summed E-state index contributed by atoms with van der Waals surface area (Å²) in [5.74, 6) is -1.49. The number of ether oxygens (including phenoxy) is 2. The van der Waals surface area contributed by atoms with Gasteiger partial charge in [-0.15, -0.1) is 0 Å². The van der Waals surface area contributed by atoms with E-state index < -0.39 is 29.8 Å². The maximum atomic E-state index is 13.1. The fourth-order valence-electron chi connectivity index (χ4n) is 2.83. The first-order valence-electron chi connectivity index (χ1n) is 7.93. The Labute approximate surface area is 145 Å². The zero-order valence-corrected chi connectivity index (χ0v) is 13.8. The highest BCUT2D eigenvalue weighted by molar-refractivity contribution is 5.96. The number of nitrogens with zero attached hydrogens (tertiary/aromatic N) is 2. The van der Waals surface area contributed by atoms with Crippen molar-refractivity contribution in [2.75, 3.05) is 20.3 Å². The molecule has 0 spiro atoms. The number of hydrogen-bond donors (Lipinski definition) is 2. The van der Waals surface area contributed by atoms with Crippen molar-refractivity contribution in [2.24, 2.45) is 0 Å². The topological polar surface area (TPSA) is 97.7 Å². The van der Waals surface area contributed by atoms with Crippen LogP contribution < -0.4 is 15.6 Å². The van der Waals surface area contributed by atoms with Gasteiger partial charge in [-0.25, -0.2) is 13.2 Å². The van der Waals surface area contributed by atoms with E-state index in [1.54, 1.807) is 6.07 Å². The fourth-order valence-corrected chi connectivity index (χ4v) is 2.83. The van der Waals surface area contributed by atoms with Gasteiger partial charge in [-0.05, 0) is 12.8 Å². The number of carbonyl (C=O) groups is 1. The average molecular weight is 374 g/mol. The van der Waals surface area contributed by atoms with Crippen LogP contribution in [0.1, 0.15) is 34.8 Å². The molecule has 26 heavy (non-hydrogen) atoms. The van der Waals surface area contributed by atoms with Crippen LogP contribution in [-0.4, -0.2) is 53.5 Å². The lowest BCUT2D eigenvalue weighted by molar-refractivity contribution is 0.0285. The van der Waals surface area contributed by atoms with E-state index in [2.05, 4.69) is 10.1 Å². The van der Waals surface area contributed by atoms with Crippen molar-refractivity contribution >= 4 is 11.6 Å². The summed E-state index contributed by atoms with van der Waals surface area (Å²) in [4.78, 5) is 27.4. The van der Waals surface area contributed by atoms with Crippen LogP contribution in [0.3, 0.4) is 0 Å². The average Bonchev–Trinajstić information content (AvgIpc) is 3.06. The Balaban J connectivity index is 2.01. The van der Waals surface area contributed by atoms with Crippen LogP contribution in [0, 0.1) is 0 Å². The predicted molar refractivity (Wildman–Crippen MR) is 83.5 cm³/mol. The number of aromatic amines is 1. The molecule has 1 fully saturated rings. The Morgan fingerprint density at radius 3 is 2.73 bits per heavy atom. The van der Waals surface area contributed by atoms with Crippen LogP contribution in [0.2, 0.25) is 0 Å². The van der Waals surface area contributed by atoms with Gasteiger partial charge in [-0.2, -0.15) is 9.61 Å². The molecule has 11 heteroatoms. The molecule has 2 aromatic heterocycles. The third-order valence-electron chi connectivity index (χ3n) is 4.16. The normalized spacial score (nSPS) is 16.8. The second-order valence-electron chi connectivity index (χ2n) is 5.80. The lowest BCUT2D eigenvalue weighted by Gasteiger charge is -2.19. The van der Waals surface area contributed by atoms with Crippen LogP contribution in [0.25, 0.3) is 5.65 Å². The summed E-state index contributed by atoms with van der Waals surface area (Å²) >= 11 is 0. The molecule has 142 valence electrons. The zero-order chi connectivity index (χ0) is 18.8. The molecule has 1 amide bonds. The minimum Gasteiger partial charge on any atom is -0.482 e. The summed E-state index contributed by atoms with van der Waals surface area (Å²) < 4.78 is 48.9. The third-order valence-corrected chi connectivity index (χ3v) is 4.16. The highest BCUT2D eigenvalue weighted by atomic mass is 19.3. The molecule has 2 aromatic rings. The molecular weight excluding hydrogens is 357 g/mol. The van der Waals surface area contributed by atoms with Gasteiger partial charge in [-0.3, -0.25) is 9.59 Å². The van der Waals surface area contributed by atoms with Crippen molar-refractivity contribution < 1.29 is 27.4 Å². The fraction of sp³-hybridized carbons (Fsp3) is 0.533.